The summed E-state index contributed by atoms with van der Waals surface area (Å²) in [4.78, 5) is 2.76. The summed E-state index contributed by atoms with van der Waals surface area (Å²) in [7, 11) is 0. The van der Waals surface area contributed by atoms with E-state index in [0.29, 0.717) is 0 Å². The summed E-state index contributed by atoms with van der Waals surface area (Å²) in [5.41, 5.74) is 7.98. The van der Waals surface area contributed by atoms with Crippen molar-refractivity contribution < 1.29 is 0 Å². The van der Waals surface area contributed by atoms with E-state index in [2.05, 4.69) is 192 Å². The van der Waals surface area contributed by atoms with Gasteiger partial charge in [0.2, 0.25) is 0 Å². The van der Waals surface area contributed by atoms with Crippen LogP contribution in [0, 0.1) is 0 Å². The molecule has 52 heavy (non-hydrogen) atoms. The Bertz CT molecular complexity index is 2910. The van der Waals surface area contributed by atoms with Gasteiger partial charge in [-0.1, -0.05) is 182 Å². The zero-order valence-corrected chi connectivity index (χ0v) is 28.4. The van der Waals surface area contributed by atoms with Crippen LogP contribution >= 0.6 is 0 Å². The van der Waals surface area contributed by atoms with Crippen molar-refractivity contribution in [1.82, 2.24) is 4.83 Å². The van der Waals surface area contributed by atoms with Gasteiger partial charge >= 0.3 is 13.7 Å². The van der Waals surface area contributed by atoms with E-state index in [0.717, 1.165) is 0 Å². The molecule has 0 unspecified atom stereocenters. The Balaban J connectivity index is 1.33. The molecule has 4 heteroatoms. The van der Waals surface area contributed by atoms with Crippen molar-refractivity contribution in [2.75, 3.05) is 5.01 Å². The number of hydrogen-bond acceptors (Lipinski definition) is 2. The molecule has 10 aromatic carbocycles. The summed E-state index contributed by atoms with van der Waals surface area (Å²) < 4.78 is 0. The van der Waals surface area contributed by atoms with Crippen LogP contribution < -0.4 is 26.9 Å². The lowest BCUT2D eigenvalue weighted by atomic mass is 9.38. The number of hydrogen-bond donors (Lipinski definition) is 0. The molecule has 0 saturated heterocycles. The van der Waals surface area contributed by atoms with E-state index in [-0.39, 0.29) is 13.7 Å². The van der Waals surface area contributed by atoms with Crippen LogP contribution in [-0.2, 0) is 0 Å². The van der Waals surface area contributed by atoms with E-state index < -0.39 is 0 Å². The van der Waals surface area contributed by atoms with Crippen LogP contribution in [0.2, 0.25) is 0 Å². The van der Waals surface area contributed by atoms with Crippen LogP contribution in [-0.4, -0.2) is 18.5 Å². The molecule has 0 atom stereocenters. The maximum atomic E-state index is 2.76. The number of nitrogens with zero attached hydrogens (tertiary/aromatic N) is 2. The van der Waals surface area contributed by atoms with Gasteiger partial charge in [-0.15, -0.1) is 0 Å². The third-order valence-electron chi connectivity index (χ3n) is 11.9. The lowest BCUT2D eigenvalue weighted by Gasteiger charge is -2.32. The Morgan fingerprint density at radius 2 is 0.577 bits per heavy atom. The topological polar surface area (TPSA) is 6.48 Å². The van der Waals surface area contributed by atoms with Crippen molar-refractivity contribution >= 4 is 112 Å². The van der Waals surface area contributed by atoms with Crippen LogP contribution in [0.3, 0.4) is 0 Å². The first-order chi connectivity index (χ1) is 25.9. The Labute approximate surface area is 302 Å². The first-order valence-electron chi connectivity index (χ1n) is 18.3. The Hall–Kier alpha value is -6.35. The minimum Gasteiger partial charge on any atom is -0.294 e. The third-order valence-corrected chi connectivity index (χ3v) is 11.9. The first-order valence-corrected chi connectivity index (χ1v) is 18.3. The van der Waals surface area contributed by atoms with Crippen LogP contribution in [0.25, 0.3) is 64.6 Å². The molecule has 0 aliphatic carbocycles. The van der Waals surface area contributed by atoms with Crippen LogP contribution in [0.4, 0.5) is 11.4 Å². The van der Waals surface area contributed by atoms with Crippen molar-refractivity contribution in [3.05, 3.63) is 182 Å². The smallest absolute Gasteiger partial charge is 0.294 e. The summed E-state index contributed by atoms with van der Waals surface area (Å²) in [5, 5.41) is 18.1. The maximum Gasteiger partial charge on any atom is 0.304 e. The second kappa shape index (κ2) is 10.6. The number of hydrazine groups is 1. The minimum absolute atomic E-state index is 0.0653. The first kappa shape index (κ1) is 28.4. The molecule has 0 spiro atoms. The van der Waals surface area contributed by atoms with Gasteiger partial charge in [-0.2, -0.15) is 0 Å². The van der Waals surface area contributed by atoms with Crippen molar-refractivity contribution in [2.24, 2.45) is 0 Å². The predicted octanol–water partition coefficient (Wildman–Crippen LogP) is 9.20. The van der Waals surface area contributed by atoms with Crippen molar-refractivity contribution in [1.29, 1.82) is 0 Å². The van der Waals surface area contributed by atoms with Gasteiger partial charge in [-0.3, -0.25) is 9.84 Å². The van der Waals surface area contributed by atoms with Gasteiger partial charge in [0.25, 0.3) is 0 Å². The standard InChI is InChI=1S/C48H30B2N2/c1-3-19-33-31(15-1)17-13-29-43(33)49-45-39-25-9-5-21-35(39)37-23-7-11-27-41(37)47(45)51-48-42-28-12-8-24-38(42)36-22-6-10-26-40(36)46(48)50(52(49)51)44-30-14-18-32-16-2-4-20-34(32)44/h1-30H. The van der Waals surface area contributed by atoms with Gasteiger partial charge in [0.15, 0.2) is 0 Å². The highest BCUT2D eigenvalue weighted by Crippen LogP contribution is 2.48. The van der Waals surface area contributed by atoms with Gasteiger partial charge in [-0.25, -0.2) is 0 Å². The van der Waals surface area contributed by atoms with E-state index in [4.69, 9.17) is 0 Å². The summed E-state index contributed by atoms with van der Waals surface area (Å²) in [6.45, 7) is -0.131. The number of rotatable bonds is 2. The molecule has 0 N–H and O–H groups in total. The quantitative estimate of drug-likeness (QED) is 0.135. The monoisotopic (exact) mass is 656 g/mol. The number of benzene rings is 10. The molecule has 0 radical (unpaired) electrons. The van der Waals surface area contributed by atoms with Gasteiger partial charge < -0.3 is 0 Å². The molecule has 12 rings (SSSR count). The van der Waals surface area contributed by atoms with Crippen LogP contribution in [0.15, 0.2) is 182 Å². The van der Waals surface area contributed by atoms with E-state index in [9.17, 15) is 0 Å². The third kappa shape index (κ3) is 3.64. The summed E-state index contributed by atoms with van der Waals surface area (Å²) in [6.07, 6.45) is 0. The highest BCUT2D eigenvalue weighted by molar-refractivity contribution is 7.03. The zero-order chi connectivity index (χ0) is 33.9. The van der Waals surface area contributed by atoms with Crippen molar-refractivity contribution in [3.8, 4) is 0 Å². The zero-order valence-electron chi connectivity index (χ0n) is 28.4. The Morgan fingerprint density at radius 1 is 0.269 bits per heavy atom. The van der Waals surface area contributed by atoms with Gasteiger partial charge in [0.1, 0.15) is 0 Å². The summed E-state index contributed by atoms with van der Waals surface area (Å²) in [5.74, 6) is 0. The highest BCUT2D eigenvalue weighted by Gasteiger charge is 2.55. The number of fused-ring (bicyclic) bond motifs is 17. The Kier molecular flexibility index (Phi) is 5.77. The fourth-order valence-electron chi connectivity index (χ4n) is 9.87. The number of anilines is 2. The molecule has 2 heterocycles. The predicted molar refractivity (Wildman–Crippen MR) is 225 cm³/mol. The molecular weight excluding hydrogens is 626 g/mol. The normalized spacial score (nSPS) is 14.0. The maximum absolute atomic E-state index is 2.76. The van der Waals surface area contributed by atoms with Crippen molar-refractivity contribution in [2.45, 2.75) is 0 Å². The van der Waals surface area contributed by atoms with E-state index >= 15 is 0 Å². The largest absolute Gasteiger partial charge is 0.304 e. The molecule has 0 bridgehead atoms. The molecular formula is C48H30B2N2. The van der Waals surface area contributed by atoms with Crippen LogP contribution in [0.5, 0.6) is 0 Å². The second-order valence-electron chi connectivity index (χ2n) is 14.3. The van der Waals surface area contributed by atoms with E-state index in [1.54, 1.807) is 0 Å². The summed E-state index contributed by atoms with van der Waals surface area (Å²) >= 11 is 0. The molecule has 2 aliphatic rings. The summed E-state index contributed by atoms with van der Waals surface area (Å²) in [6, 6.07) is 67.9. The van der Waals surface area contributed by atoms with Gasteiger partial charge in [0.05, 0.1) is 11.4 Å². The lowest BCUT2D eigenvalue weighted by Crippen LogP contribution is -2.64. The molecule has 2 aliphatic heterocycles. The molecule has 10 aromatic rings. The molecule has 238 valence electrons. The fraction of sp³-hybridized carbons (Fsp3) is 0. The molecule has 0 aromatic heterocycles. The molecule has 2 nitrogen and oxygen atoms in total. The van der Waals surface area contributed by atoms with Gasteiger partial charge in [-0.05, 0) is 75.7 Å². The molecule has 0 saturated carbocycles. The fourth-order valence-corrected chi connectivity index (χ4v) is 9.87. The Morgan fingerprint density at radius 3 is 1.00 bits per heavy atom. The molecule has 0 fully saturated rings. The minimum atomic E-state index is -0.0653. The second-order valence-corrected chi connectivity index (χ2v) is 14.3. The molecule has 0 amide bonds. The SMILES string of the molecule is c1ccc2c(B3c4c(c5ccccc5c5ccccc45)N4c5c(c6ccccc6c6ccccc56)B(c5cccc6ccccc56)N34)cccc2c1. The van der Waals surface area contributed by atoms with Crippen LogP contribution in [0.1, 0.15) is 0 Å². The van der Waals surface area contributed by atoms with Gasteiger partial charge in [0, 0.05) is 10.8 Å². The average molecular weight is 656 g/mol. The average Bonchev–Trinajstić information content (AvgIpc) is 3.74. The van der Waals surface area contributed by atoms with E-state index in [1.165, 1.54) is 97.9 Å². The highest BCUT2D eigenvalue weighted by atomic mass is 15.6. The van der Waals surface area contributed by atoms with E-state index in [1.807, 2.05) is 0 Å². The lowest BCUT2D eigenvalue weighted by molar-refractivity contribution is 0.724. The van der Waals surface area contributed by atoms with Crippen molar-refractivity contribution in [3.63, 3.8) is 0 Å².